The van der Waals surface area contributed by atoms with Crippen molar-refractivity contribution in [3.8, 4) is 0 Å². The van der Waals surface area contributed by atoms with Gasteiger partial charge in [-0.3, -0.25) is 0 Å². The molecule has 0 bridgehead atoms. The summed E-state index contributed by atoms with van der Waals surface area (Å²) >= 11 is 5.94. The van der Waals surface area contributed by atoms with Crippen LogP contribution in [0.2, 0.25) is 5.02 Å². The zero-order valence-electron chi connectivity index (χ0n) is 15.3. The lowest BCUT2D eigenvalue weighted by Gasteiger charge is -2.23. The molecule has 0 unspecified atom stereocenters. The fraction of sp³-hybridized carbons (Fsp3) is 0.300. The second kappa shape index (κ2) is 9.41. The zero-order chi connectivity index (χ0) is 19.9. The Labute approximate surface area is 168 Å². The molecule has 1 aliphatic rings. The first-order valence-electron chi connectivity index (χ1n) is 9.10. The topological polar surface area (TPSA) is 64.7 Å². The van der Waals surface area contributed by atoms with Crippen LogP contribution in [0, 0.1) is 5.82 Å². The summed E-state index contributed by atoms with van der Waals surface area (Å²) in [5, 5.41) is 6.22. The van der Waals surface area contributed by atoms with Gasteiger partial charge in [0.05, 0.1) is 0 Å². The van der Waals surface area contributed by atoms with E-state index < -0.39 is 0 Å². The summed E-state index contributed by atoms with van der Waals surface area (Å²) in [6, 6.07) is 12.6. The number of rotatable bonds is 3. The molecule has 28 heavy (non-hydrogen) atoms. The Morgan fingerprint density at radius 1 is 0.964 bits per heavy atom. The number of urea groups is 2. The lowest BCUT2D eigenvalue weighted by molar-refractivity contribution is 0.195. The number of hydrogen-bond donors (Lipinski definition) is 2. The fourth-order valence-corrected chi connectivity index (χ4v) is 3.17. The van der Waals surface area contributed by atoms with Crippen LogP contribution in [0.1, 0.15) is 12.0 Å². The number of nitrogens with zero attached hydrogens (tertiary/aromatic N) is 2. The molecule has 148 valence electrons. The quantitative estimate of drug-likeness (QED) is 0.814. The molecule has 1 fully saturated rings. The van der Waals surface area contributed by atoms with E-state index in [1.54, 1.807) is 46.2 Å². The molecule has 1 heterocycles. The van der Waals surface area contributed by atoms with Crippen LogP contribution in [-0.2, 0) is 6.54 Å². The van der Waals surface area contributed by atoms with E-state index in [1.165, 1.54) is 12.1 Å². The minimum atomic E-state index is -0.307. The molecule has 4 amide bonds. The summed E-state index contributed by atoms with van der Waals surface area (Å²) < 4.78 is 12.9. The molecule has 0 aliphatic carbocycles. The van der Waals surface area contributed by atoms with E-state index in [1.807, 2.05) is 0 Å². The van der Waals surface area contributed by atoms with Gasteiger partial charge in [0, 0.05) is 43.4 Å². The first-order chi connectivity index (χ1) is 13.5. The highest BCUT2D eigenvalue weighted by atomic mass is 35.5. The highest BCUT2D eigenvalue weighted by molar-refractivity contribution is 6.30. The van der Waals surface area contributed by atoms with Crippen LogP contribution in [0.4, 0.5) is 19.7 Å². The van der Waals surface area contributed by atoms with Crippen LogP contribution < -0.4 is 10.6 Å². The largest absolute Gasteiger partial charge is 0.334 e. The maximum Gasteiger partial charge on any atom is 0.321 e. The molecule has 1 aliphatic heterocycles. The van der Waals surface area contributed by atoms with Gasteiger partial charge in [-0.2, -0.15) is 0 Å². The first kappa shape index (κ1) is 19.9. The number of benzene rings is 2. The summed E-state index contributed by atoms with van der Waals surface area (Å²) in [6.07, 6.45) is 0.687. The maximum atomic E-state index is 12.9. The SMILES string of the molecule is O=C(NCc1ccc(F)cc1)N1CCCN(C(=O)Nc2cccc(Cl)c2)CC1. The summed E-state index contributed by atoms with van der Waals surface area (Å²) in [5.41, 5.74) is 1.46. The molecule has 0 saturated carbocycles. The smallest absolute Gasteiger partial charge is 0.321 e. The number of hydrogen-bond acceptors (Lipinski definition) is 2. The minimum Gasteiger partial charge on any atom is -0.334 e. The minimum absolute atomic E-state index is 0.193. The van der Waals surface area contributed by atoms with Gasteiger partial charge in [0.15, 0.2) is 0 Å². The Bertz CT molecular complexity index is 831. The molecule has 8 heteroatoms. The van der Waals surface area contributed by atoms with Crippen molar-refractivity contribution >= 4 is 29.4 Å². The molecule has 0 aromatic heterocycles. The first-order valence-corrected chi connectivity index (χ1v) is 9.48. The van der Waals surface area contributed by atoms with Gasteiger partial charge < -0.3 is 20.4 Å². The van der Waals surface area contributed by atoms with Crippen LogP contribution in [0.3, 0.4) is 0 Å². The second-order valence-electron chi connectivity index (χ2n) is 6.55. The third kappa shape index (κ3) is 5.60. The highest BCUT2D eigenvalue weighted by Crippen LogP contribution is 2.16. The zero-order valence-corrected chi connectivity index (χ0v) is 16.1. The Morgan fingerprint density at radius 3 is 2.32 bits per heavy atom. The van der Waals surface area contributed by atoms with Gasteiger partial charge in [0.1, 0.15) is 5.82 Å². The molecule has 2 aromatic rings. The molecular formula is C20H22ClFN4O2. The summed E-state index contributed by atoms with van der Waals surface area (Å²) in [6.45, 7) is 2.34. The molecule has 2 N–H and O–H groups in total. The highest BCUT2D eigenvalue weighted by Gasteiger charge is 2.22. The van der Waals surface area contributed by atoms with Crippen LogP contribution in [0.15, 0.2) is 48.5 Å². The second-order valence-corrected chi connectivity index (χ2v) is 6.99. The Hall–Kier alpha value is -2.80. The van der Waals surface area contributed by atoms with Crippen molar-refractivity contribution in [2.75, 3.05) is 31.5 Å². The van der Waals surface area contributed by atoms with Crippen LogP contribution in [0.25, 0.3) is 0 Å². The number of carbonyl (C=O) groups excluding carboxylic acids is 2. The van der Waals surface area contributed by atoms with E-state index in [0.29, 0.717) is 49.9 Å². The summed E-state index contributed by atoms with van der Waals surface area (Å²) in [4.78, 5) is 28.3. The van der Waals surface area contributed by atoms with Crippen molar-refractivity contribution in [3.63, 3.8) is 0 Å². The lowest BCUT2D eigenvalue weighted by Crippen LogP contribution is -2.43. The fourth-order valence-electron chi connectivity index (χ4n) is 2.98. The van der Waals surface area contributed by atoms with E-state index >= 15 is 0 Å². The number of halogens is 2. The molecule has 3 rings (SSSR count). The third-order valence-corrected chi connectivity index (χ3v) is 4.74. The van der Waals surface area contributed by atoms with Crippen LogP contribution in [0.5, 0.6) is 0 Å². The summed E-state index contributed by atoms with van der Waals surface area (Å²) in [5.74, 6) is -0.307. The molecular weight excluding hydrogens is 383 g/mol. The molecule has 2 aromatic carbocycles. The monoisotopic (exact) mass is 404 g/mol. The molecule has 0 spiro atoms. The molecule has 0 atom stereocenters. The van der Waals surface area contributed by atoms with Crippen molar-refractivity contribution in [3.05, 3.63) is 64.9 Å². The Kier molecular flexibility index (Phi) is 6.71. The van der Waals surface area contributed by atoms with Crippen molar-refractivity contribution in [2.45, 2.75) is 13.0 Å². The average Bonchev–Trinajstić information content (AvgIpc) is 2.94. The van der Waals surface area contributed by atoms with Gasteiger partial charge in [-0.25, -0.2) is 14.0 Å². The van der Waals surface area contributed by atoms with Gasteiger partial charge in [-0.15, -0.1) is 0 Å². The van der Waals surface area contributed by atoms with Crippen molar-refractivity contribution in [1.82, 2.24) is 15.1 Å². The van der Waals surface area contributed by atoms with E-state index in [2.05, 4.69) is 10.6 Å². The maximum absolute atomic E-state index is 12.9. The van der Waals surface area contributed by atoms with Gasteiger partial charge in [-0.1, -0.05) is 29.8 Å². The van der Waals surface area contributed by atoms with E-state index in [4.69, 9.17) is 11.6 Å². The predicted octanol–water partition coefficient (Wildman–Crippen LogP) is 3.93. The average molecular weight is 405 g/mol. The summed E-state index contributed by atoms with van der Waals surface area (Å²) in [7, 11) is 0. The van der Waals surface area contributed by atoms with Crippen molar-refractivity contribution < 1.29 is 14.0 Å². The number of anilines is 1. The number of nitrogens with one attached hydrogen (secondary N) is 2. The van der Waals surface area contributed by atoms with Gasteiger partial charge in [-0.05, 0) is 42.3 Å². The van der Waals surface area contributed by atoms with E-state index in [9.17, 15) is 14.0 Å². The Morgan fingerprint density at radius 2 is 1.64 bits per heavy atom. The third-order valence-electron chi connectivity index (χ3n) is 4.50. The van der Waals surface area contributed by atoms with Gasteiger partial charge >= 0.3 is 12.1 Å². The van der Waals surface area contributed by atoms with Gasteiger partial charge in [0.2, 0.25) is 0 Å². The van der Waals surface area contributed by atoms with Crippen molar-refractivity contribution in [2.24, 2.45) is 0 Å². The molecule has 1 saturated heterocycles. The normalized spacial score (nSPS) is 14.4. The van der Waals surface area contributed by atoms with Crippen molar-refractivity contribution in [1.29, 1.82) is 0 Å². The lowest BCUT2D eigenvalue weighted by atomic mass is 10.2. The number of carbonyl (C=O) groups is 2. The van der Waals surface area contributed by atoms with Crippen LogP contribution in [-0.4, -0.2) is 48.0 Å². The standard InChI is InChI=1S/C20H22ClFN4O2/c21-16-3-1-4-18(13-16)24-20(28)26-10-2-9-25(11-12-26)19(27)23-14-15-5-7-17(22)8-6-15/h1,3-8,13H,2,9-12,14H2,(H,23,27)(H,24,28). The predicted molar refractivity (Wildman–Crippen MR) is 107 cm³/mol. The Balaban J connectivity index is 1.48. The van der Waals surface area contributed by atoms with E-state index in [-0.39, 0.29) is 17.9 Å². The number of amides is 4. The molecule has 0 radical (unpaired) electrons. The van der Waals surface area contributed by atoms with Gasteiger partial charge in [0.25, 0.3) is 0 Å². The van der Waals surface area contributed by atoms with E-state index in [0.717, 1.165) is 5.56 Å². The van der Waals surface area contributed by atoms with Crippen LogP contribution >= 0.6 is 11.6 Å². The molecule has 6 nitrogen and oxygen atoms in total.